The van der Waals surface area contributed by atoms with Gasteiger partial charge in [-0.2, -0.15) is 0 Å². The highest BCUT2D eigenvalue weighted by molar-refractivity contribution is 7.61. The molecule has 164 valence electrons. The summed E-state index contributed by atoms with van der Waals surface area (Å²) >= 11 is 0. The average Bonchev–Trinajstić information content (AvgIpc) is 2.57. The average molecular weight is 490 g/mol. The summed E-state index contributed by atoms with van der Waals surface area (Å²) in [5.74, 6) is 0. The molecule has 0 aliphatic rings. The molecular weight excluding hydrogens is 448 g/mol. The van der Waals surface area contributed by atoms with Crippen LogP contribution in [0, 0.1) is 0 Å². The van der Waals surface area contributed by atoms with Crippen molar-refractivity contribution in [1.82, 2.24) is 0 Å². The second kappa shape index (κ2) is 8.40. The molecule has 0 aromatic heterocycles. The van der Waals surface area contributed by atoms with Crippen LogP contribution >= 0.6 is 7.80 Å². The minimum Gasteiger partial charge on any atom is -0.0656 e. The van der Waals surface area contributed by atoms with Gasteiger partial charge in [0, 0.05) is 0 Å². The van der Waals surface area contributed by atoms with Crippen LogP contribution in [-0.4, -0.2) is 32.3 Å². The first-order valence-corrected chi connectivity index (χ1v) is 26.4. The van der Waals surface area contributed by atoms with Gasteiger partial charge in [-0.25, -0.2) is 0 Å². The molecule has 0 bridgehead atoms. The van der Waals surface area contributed by atoms with Crippen LogP contribution in [-0.2, 0) is 4.57 Å². The standard InChI is InChI=1S/C24H42OPSi4/c1-27(2,3)21-13-19(14-22(17-21)28(4,5)6)26(25)20-15-23(29(7,8)9)18-24(16-20)30(10,11)12/h13-18H,1-12H3/q+1. The lowest BCUT2D eigenvalue weighted by Crippen LogP contribution is -2.48. The van der Waals surface area contributed by atoms with Crippen LogP contribution in [0.4, 0.5) is 0 Å². The molecule has 0 fully saturated rings. The fourth-order valence-electron chi connectivity index (χ4n) is 3.34. The van der Waals surface area contributed by atoms with E-state index in [0.717, 1.165) is 10.6 Å². The lowest BCUT2D eigenvalue weighted by Gasteiger charge is -2.23. The number of benzene rings is 2. The van der Waals surface area contributed by atoms with Gasteiger partial charge in [-0.3, -0.25) is 0 Å². The van der Waals surface area contributed by atoms with Crippen molar-refractivity contribution in [1.29, 1.82) is 0 Å². The van der Waals surface area contributed by atoms with Gasteiger partial charge < -0.3 is 0 Å². The third kappa shape index (κ3) is 6.23. The van der Waals surface area contributed by atoms with E-state index in [0.29, 0.717) is 0 Å². The minimum absolute atomic E-state index is 1.04. The Morgan fingerprint density at radius 1 is 0.433 bits per heavy atom. The summed E-state index contributed by atoms with van der Waals surface area (Å²) in [6, 6.07) is 13.9. The monoisotopic (exact) mass is 489 g/mol. The number of hydrogen-bond acceptors (Lipinski definition) is 1. The van der Waals surface area contributed by atoms with Crippen molar-refractivity contribution in [2.24, 2.45) is 0 Å². The van der Waals surface area contributed by atoms with Gasteiger partial charge in [0.2, 0.25) is 0 Å². The van der Waals surface area contributed by atoms with Crippen LogP contribution in [0.3, 0.4) is 0 Å². The first-order chi connectivity index (χ1) is 13.3. The predicted molar refractivity (Wildman–Crippen MR) is 152 cm³/mol. The number of rotatable bonds is 6. The van der Waals surface area contributed by atoms with E-state index in [2.05, 4.69) is 115 Å². The molecule has 2 aromatic rings. The molecule has 2 aromatic carbocycles. The molecule has 0 unspecified atom stereocenters. The van der Waals surface area contributed by atoms with E-state index in [4.69, 9.17) is 0 Å². The maximum atomic E-state index is 14.0. The smallest absolute Gasteiger partial charge is 0.0656 e. The Hall–Kier alpha value is -0.592. The second-order valence-corrected chi connectivity index (χ2v) is 34.8. The summed E-state index contributed by atoms with van der Waals surface area (Å²) in [7, 11) is -7.57. The number of hydrogen-bond donors (Lipinski definition) is 0. The van der Waals surface area contributed by atoms with Crippen LogP contribution in [0.5, 0.6) is 0 Å². The van der Waals surface area contributed by atoms with Crippen molar-refractivity contribution in [2.45, 2.75) is 78.6 Å². The van der Waals surface area contributed by atoms with E-state index < -0.39 is 40.1 Å². The Balaban J connectivity index is 2.73. The van der Waals surface area contributed by atoms with Gasteiger partial charge in [0.15, 0.2) is 10.6 Å². The maximum absolute atomic E-state index is 14.0. The second-order valence-electron chi connectivity index (χ2n) is 12.8. The molecule has 6 heteroatoms. The summed E-state index contributed by atoms with van der Waals surface area (Å²) < 4.78 is 14.0. The topological polar surface area (TPSA) is 17.1 Å². The summed E-state index contributed by atoms with van der Waals surface area (Å²) in [5.41, 5.74) is 0. The highest BCUT2D eigenvalue weighted by atomic mass is 31.1. The molecule has 0 radical (unpaired) electrons. The van der Waals surface area contributed by atoms with E-state index in [9.17, 15) is 4.57 Å². The molecule has 30 heavy (non-hydrogen) atoms. The third-order valence-electron chi connectivity index (χ3n) is 5.77. The highest BCUT2D eigenvalue weighted by Gasteiger charge is 2.33. The molecule has 0 saturated heterocycles. The molecule has 0 atom stereocenters. The summed E-state index contributed by atoms with van der Waals surface area (Å²) in [6.45, 7) is 28.7. The third-order valence-corrected chi connectivity index (χ3v) is 15.3. The fraction of sp³-hybridized carbons (Fsp3) is 0.500. The Morgan fingerprint density at radius 3 is 0.800 bits per heavy atom. The van der Waals surface area contributed by atoms with Gasteiger partial charge in [0.25, 0.3) is 0 Å². The molecule has 1 nitrogen and oxygen atoms in total. The van der Waals surface area contributed by atoms with E-state index in [1.807, 2.05) is 0 Å². The quantitative estimate of drug-likeness (QED) is 0.426. The van der Waals surface area contributed by atoms with Crippen molar-refractivity contribution in [3.63, 3.8) is 0 Å². The Bertz CT molecular complexity index is 813. The van der Waals surface area contributed by atoms with Crippen LogP contribution < -0.4 is 31.4 Å². The molecule has 0 aliphatic carbocycles. The first kappa shape index (κ1) is 25.7. The van der Waals surface area contributed by atoms with Crippen molar-refractivity contribution in [2.75, 3.05) is 0 Å². The van der Waals surface area contributed by atoms with Gasteiger partial charge in [-0.05, 0) is 24.3 Å². The Kier molecular flexibility index (Phi) is 7.18. The molecule has 0 saturated carbocycles. The van der Waals surface area contributed by atoms with E-state index in [1.54, 1.807) is 0 Å². The van der Waals surface area contributed by atoms with Gasteiger partial charge in [0.05, 0.1) is 32.3 Å². The maximum Gasteiger partial charge on any atom is 0.415 e. The van der Waals surface area contributed by atoms with Crippen LogP contribution in [0.1, 0.15) is 0 Å². The zero-order valence-corrected chi connectivity index (χ0v) is 26.2. The van der Waals surface area contributed by atoms with E-state index >= 15 is 0 Å². The molecule has 0 heterocycles. The first-order valence-electron chi connectivity index (χ1n) is 11.1. The summed E-state index contributed by atoms with van der Waals surface area (Å²) in [4.78, 5) is 0. The largest absolute Gasteiger partial charge is 0.415 e. The normalized spacial score (nSPS) is 13.5. The lowest BCUT2D eigenvalue weighted by molar-refractivity contribution is 0.598. The Morgan fingerprint density at radius 2 is 0.633 bits per heavy atom. The summed E-state index contributed by atoms with van der Waals surface area (Å²) in [6.07, 6.45) is 0. The molecule has 0 spiro atoms. The van der Waals surface area contributed by atoms with Crippen LogP contribution in [0.15, 0.2) is 36.4 Å². The summed E-state index contributed by atoms with van der Waals surface area (Å²) in [5, 5.41) is 7.83. The van der Waals surface area contributed by atoms with Gasteiger partial charge in [-0.1, -0.05) is 116 Å². The zero-order valence-electron chi connectivity index (χ0n) is 21.3. The van der Waals surface area contributed by atoms with Crippen LogP contribution in [0.25, 0.3) is 0 Å². The minimum atomic E-state index is -1.59. The molecule has 0 aliphatic heterocycles. The van der Waals surface area contributed by atoms with E-state index in [1.165, 1.54) is 20.7 Å². The molecular formula is C24H42OPSi4+. The molecule has 2 rings (SSSR count). The highest BCUT2D eigenvalue weighted by Crippen LogP contribution is 2.20. The van der Waals surface area contributed by atoms with Gasteiger partial charge >= 0.3 is 7.80 Å². The molecule has 0 amide bonds. The SMILES string of the molecule is C[Si](C)(C)c1cc([P+](=O)c2cc([Si](C)(C)C)cc([Si](C)(C)C)c2)cc([Si](C)(C)C)c1. The lowest BCUT2D eigenvalue weighted by atomic mass is 10.3. The van der Waals surface area contributed by atoms with Crippen molar-refractivity contribution < 1.29 is 4.57 Å². The van der Waals surface area contributed by atoms with Crippen LogP contribution in [0.2, 0.25) is 78.6 Å². The van der Waals surface area contributed by atoms with Gasteiger partial charge in [-0.15, -0.1) is 0 Å². The van der Waals surface area contributed by atoms with Crippen molar-refractivity contribution in [3.05, 3.63) is 36.4 Å². The fourth-order valence-corrected chi connectivity index (χ4v) is 10.1. The predicted octanol–water partition coefficient (Wildman–Crippen LogP) is 4.65. The zero-order chi connectivity index (χ0) is 23.3. The molecule has 0 N–H and O–H groups in total. The Labute approximate surface area is 190 Å². The van der Waals surface area contributed by atoms with Crippen molar-refractivity contribution in [3.8, 4) is 0 Å². The van der Waals surface area contributed by atoms with Gasteiger partial charge in [0.1, 0.15) is 0 Å². The van der Waals surface area contributed by atoms with Crippen molar-refractivity contribution >= 4 is 71.5 Å². The van der Waals surface area contributed by atoms with E-state index in [-0.39, 0.29) is 0 Å².